The molecule has 1 N–H and O–H groups in total. The van der Waals surface area contributed by atoms with Crippen molar-refractivity contribution in [3.8, 4) is 0 Å². The van der Waals surface area contributed by atoms with E-state index in [2.05, 4.69) is 35.0 Å². The number of hydrogen-bond acceptors (Lipinski definition) is 5. The van der Waals surface area contributed by atoms with Crippen LogP contribution < -0.4 is 5.32 Å². The summed E-state index contributed by atoms with van der Waals surface area (Å²) in [4.78, 5) is 20.7. The molecular formula is C19H31ClN4O2S. The molecule has 0 spiro atoms. The van der Waals surface area contributed by atoms with Gasteiger partial charge in [-0.25, -0.2) is 4.79 Å². The predicted molar refractivity (Wildman–Crippen MR) is 111 cm³/mol. The third-order valence-corrected chi connectivity index (χ3v) is 6.63. The zero-order valence-electron chi connectivity index (χ0n) is 16.3. The molecule has 3 rings (SSSR count). The van der Waals surface area contributed by atoms with Gasteiger partial charge in [0.05, 0.1) is 17.6 Å². The minimum absolute atomic E-state index is 0.0627. The quantitative estimate of drug-likeness (QED) is 0.777. The molecule has 27 heavy (non-hydrogen) atoms. The third kappa shape index (κ3) is 6.06. The van der Waals surface area contributed by atoms with Gasteiger partial charge in [0.1, 0.15) is 0 Å². The van der Waals surface area contributed by atoms with E-state index in [-0.39, 0.29) is 6.03 Å². The van der Waals surface area contributed by atoms with Crippen LogP contribution in [0.2, 0.25) is 4.34 Å². The van der Waals surface area contributed by atoms with Crippen molar-refractivity contribution in [1.82, 2.24) is 20.0 Å². The molecule has 1 aromatic heterocycles. The molecule has 2 aliphatic heterocycles. The number of carbonyl (C=O) groups excluding carboxylic acids is 1. The minimum Gasteiger partial charge on any atom is -0.379 e. The van der Waals surface area contributed by atoms with Crippen molar-refractivity contribution < 1.29 is 9.53 Å². The van der Waals surface area contributed by atoms with Gasteiger partial charge in [-0.15, -0.1) is 11.3 Å². The molecule has 6 nitrogen and oxygen atoms in total. The highest BCUT2D eigenvalue weighted by atomic mass is 35.5. The van der Waals surface area contributed by atoms with Crippen molar-refractivity contribution in [1.29, 1.82) is 0 Å². The van der Waals surface area contributed by atoms with E-state index < -0.39 is 0 Å². The van der Waals surface area contributed by atoms with Gasteiger partial charge in [0.25, 0.3) is 0 Å². The van der Waals surface area contributed by atoms with Crippen LogP contribution in [0.3, 0.4) is 0 Å². The van der Waals surface area contributed by atoms with Gasteiger partial charge in [-0.05, 0) is 18.1 Å². The lowest BCUT2D eigenvalue weighted by molar-refractivity contribution is 0.00682. The van der Waals surface area contributed by atoms with Crippen LogP contribution in [0.1, 0.15) is 18.7 Å². The smallest absolute Gasteiger partial charge is 0.317 e. The summed E-state index contributed by atoms with van der Waals surface area (Å²) in [5, 5.41) is 3.17. The fourth-order valence-electron chi connectivity index (χ4n) is 3.77. The van der Waals surface area contributed by atoms with Crippen molar-refractivity contribution in [3.63, 3.8) is 0 Å². The van der Waals surface area contributed by atoms with E-state index >= 15 is 0 Å². The molecular weight excluding hydrogens is 384 g/mol. The van der Waals surface area contributed by atoms with Crippen LogP contribution in [-0.4, -0.2) is 85.8 Å². The number of carbonyl (C=O) groups is 1. The first-order valence-electron chi connectivity index (χ1n) is 9.84. The largest absolute Gasteiger partial charge is 0.379 e. The Bertz CT molecular complexity index is 598. The van der Waals surface area contributed by atoms with E-state index in [0.29, 0.717) is 18.5 Å². The Labute approximate surface area is 171 Å². The lowest BCUT2D eigenvalue weighted by Gasteiger charge is -2.38. The van der Waals surface area contributed by atoms with Gasteiger partial charge >= 0.3 is 6.03 Å². The SMILES string of the molecule is CC(C)C(CNC(=O)N1CCN(Cc2ccc(Cl)s2)CC1)N1CCOCC1. The lowest BCUT2D eigenvalue weighted by Crippen LogP contribution is -2.55. The average Bonchev–Trinajstić information content (AvgIpc) is 3.07. The van der Waals surface area contributed by atoms with Crippen molar-refractivity contribution in [2.45, 2.75) is 26.4 Å². The fraction of sp³-hybridized carbons (Fsp3) is 0.737. The Morgan fingerprint density at radius 3 is 2.48 bits per heavy atom. The van der Waals surface area contributed by atoms with Crippen LogP contribution in [-0.2, 0) is 11.3 Å². The standard InChI is InChI=1S/C19H31ClN4O2S/c1-15(2)17(23-9-11-26-12-10-23)13-21-19(25)24-7-5-22(6-8-24)14-16-3-4-18(20)27-16/h3-4,15,17H,5-14H2,1-2H3,(H,21,25). The summed E-state index contributed by atoms with van der Waals surface area (Å²) in [6, 6.07) is 4.46. The Morgan fingerprint density at radius 2 is 1.89 bits per heavy atom. The van der Waals surface area contributed by atoms with Crippen LogP contribution in [0.15, 0.2) is 12.1 Å². The first kappa shape index (κ1) is 20.9. The Hall–Kier alpha value is -0.860. The van der Waals surface area contributed by atoms with Gasteiger partial charge in [-0.2, -0.15) is 0 Å². The van der Waals surface area contributed by atoms with Crippen LogP contribution in [0, 0.1) is 5.92 Å². The normalized spacial score (nSPS) is 20.8. The maximum absolute atomic E-state index is 12.6. The van der Waals surface area contributed by atoms with Gasteiger partial charge in [0.15, 0.2) is 0 Å². The summed E-state index contributed by atoms with van der Waals surface area (Å²) in [5.74, 6) is 0.498. The number of amides is 2. The number of urea groups is 1. The molecule has 1 aromatic rings. The van der Waals surface area contributed by atoms with Gasteiger partial charge in [0, 0.05) is 63.3 Å². The minimum atomic E-state index is 0.0627. The molecule has 2 saturated heterocycles. The van der Waals surface area contributed by atoms with E-state index in [1.165, 1.54) is 4.88 Å². The van der Waals surface area contributed by atoms with E-state index in [9.17, 15) is 4.79 Å². The number of rotatable bonds is 6. The van der Waals surface area contributed by atoms with E-state index in [0.717, 1.165) is 63.4 Å². The molecule has 0 aromatic carbocycles. The molecule has 152 valence electrons. The highest BCUT2D eigenvalue weighted by Crippen LogP contribution is 2.23. The first-order valence-corrected chi connectivity index (χ1v) is 11.0. The second-order valence-electron chi connectivity index (χ2n) is 7.61. The first-order chi connectivity index (χ1) is 13.0. The molecule has 1 atom stereocenters. The van der Waals surface area contributed by atoms with Crippen LogP contribution in [0.25, 0.3) is 0 Å². The molecule has 3 heterocycles. The predicted octanol–water partition coefficient (Wildman–Crippen LogP) is 2.59. The van der Waals surface area contributed by atoms with E-state index in [4.69, 9.17) is 16.3 Å². The van der Waals surface area contributed by atoms with Gasteiger partial charge in [-0.3, -0.25) is 9.80 Å². The average molecular weight is 415 g/mol. The number of halogens is 1. The Kier molecular flexibility index (Phi) is 7.78. The number of hydrogen-bond donors (Lipinski definition) is 1. The topological polar surface area (TPSA) is 48.1 Å². The molecule has 2 aliphatic rings. The summed E-state index contributed by atoms with van der Waals surface area (Å²) in [5.41, 5.74) is 0. The number of ether oxygens (including phenoxy) is 1. The highest BCUT2D eigenvalue weighted by Gasteiger charge is 2.26. The Balaban J connectivity index is 1.41. The van der Waals surface area contributed by atoms with Crippen molar-refractivity contribution in [3.05, 3.63) is 21.3 Å². The number of piperazine rings is 1. The van der Waals surface area contributed by atoms with E-state index in [1.807, 2.05) is 11.0 Å². The van der Waals surface area contributed by atoms with E-state index in [1.54, 1.807) is 11.3 Å². The molecule has 0 bridgehead atoms. The maximum atomic E-state index is 12.6. The summed E-state index contributed by atoms with van der Waals surface area (Å²) in [7, 11) is 0. The number of morpholine rings is 1. The van der Waals surface area contributed by atoms with Crippen LogP contribution in [0.5, 0.6) is 0 Å². The third-order valence-electron chi connectivity index (χ3n) is 5.41. The molecule has 0 radical (unpaired) electrons. The highest BCUT2D eigenvalue weighted by molar-refractivity contribution is 7.16. The molecule has 0 aliphatic carbocycles. The zero-order chi connectivity index (χ0) is 19.2. The van der Waals surface area contributed by atoms with Crippen LogP contribution in [0.4, 0.5) is 4.79 Å². The second-order valence-corrected chi connectivity index (χ2v) is 9.41. The molecule has 0 saturated carbocycles. The van der Waals surface area contributed by atoms with Gasteiger partial charge in [0.2, 0.25) is 0 Å². The fourth-order valence-corrected chi connectivity index (χ4v) is 4.90. The molecule has 2 amide bonds. The van der Waals surface area contributed by atoms with Gasteiger partial charge in [-0.1, -0.05) is 25.4 Å². The summed E-state index contributed by atoms with van der Waals surface area (Å²) >= 11 is 7.64. The van der Waals surface area contributed by atoms with Crippen molar-refractivity contribution in [2.75, 3.05) is 59.0 Å². The monoisotopic (exact) mass is 414 g/mol. The number of nitrogens with zero attached hydrogens (tertiary/aromatic N) is 3. The molecule has 1 unspecified atom stereocenters. The van der Waals surface area contributed by atoms with Crippen molar-refractivity contribution in [2.24, 2.45) is 5.92 Å². The summed E-state index contributed by atoms with van der Waals surface area (Å²) in [6.45, 7) is 12.9. The second kappa shape index (κ2) is 10.1. The zero-order valence-corrected chi connectivity index (χ0v) is 17.9. The maximum Gasteiger partial charge on any atom is 0.317 e. The van der Waals surface area contributed by atoms with Gasteiger partial charge < -0.3 is 15.0 Å². The molecule has 2 fully saturated rings. The van der Waals surface area contributed by atoms with Crippen molar-refractivity contribution >= 4 is 29.0 Å². The Morgan fingerprint density at radius 1 is 1.19 bits per heavy atom. The molecule has 8 heteroatoms. The lowest BCUT2D eigenvalue weighted by atomic mass is 10.0. The summed E-state index contributed by atoms with van der Waals surface area (Å²) < 4.78 is 6.29. The number of nitrogens with one attached hydrogen (secondary N) is 1. The number of thiophene rings is 1. The van der Waals surface area contributed by atoms with Crippen LogP contribution >= 0.6 is 22.9 Å². The summed E-state index contributed by atoms with van der Waals surface area (Å²) in [6.07, 6.45) is 0.